The van der Waals surface area contributed by atoms with Crippen molar-refractivity contribution in [1.82, 2.24) is 0 Å². The van der Waals surface area contributed by atoms with Crippen molar-refractivity contribution < 1.29 is 38.9 Å². The number of carbonyl (C=O) groups excluding carboxylic acids is 4. The second-order valence-electron chi connectivity index (χ2n) is 20.6. The molecule has 0 radical (unpaired) electrons. The topological polar surface area (TPSA) is 133 Å². The number of hydrogen-bond donors (Lipinski definition) is 0. The Morgan fingerprint density at radius 1 is 0.275 bits per heavy atom. The summed E-state index contributed by atoms with van der Waals surface area (Å²) in [5.74, 6) is -2.25. The van der Waals surface area contributed by atoms with Crippen LogP contribution in [0.1, 0.15) is 349 Å². The third-order valence-corrected chi connectivity index (χ3v) is 13.6. The molecule has 2 unspecified atom stereocenters. The molecule has 0 aliphatic heterocycles. The van der Waals surface area contributed by atoms with Gasteiger partial charge in [0, 0.05) is 24.8 Å². The minimum absolute atomic E-state index is 0. The van der Waals surface area contributed by atoms with Crippen LogP contribution in [0, 0.1) is 0 Å². The molecule has 69 heavy (non-hydrogen) atoms. The Morgan fingerprint density at radius 2 is 0.464 bits per heavy atom. The van der Waals surface area contributed by atoms with Gasteiger partial charge in [-0.1, -0.05) is 259 Å². The normalized spacial score (nSPS) is 11.9. The fourth-order valence-corrected chi connectivity index (χ4v) is 9.19. The smallest absolute Gasteiger partial charge is 0.550 e. The first kappa shape index (κ1) is 72.4. The number of carboxylic acid groups (broad SMARTS) is 2. The van der Waals surface area contributed by atoms with Crippen molar-refractivity contribution in [3.63, 3.8) is 0 Å². The monoisotopic (exact) mass is 1000 g/mol. The fourth-order valence-electron chi connectivity index (χ4n) is 9.19. The van der Waals surface area contributed by atoms with Crippen LogP contribution in [-0.4, -0.2) is 73.8 Å². The quantitative estimate of drug-likeness (QED) is 0.0334. The van der Waals surface area contributed by atoms with Gasteiger partial charge in [-0.2, -0.15) is 0 Å². The summed E-state index contributed by atoms with van der Waals surface area (Å²) >= 11 is 0. The van der Waals surface area contributed by atoms with Gasteiger partial charge in [0.2, 0.25) is 0 Å². The predicted octanol–water partition coefficient (Wildman–Crippen LogP) is 16.5. The Balaban J connectivity index is -0.00000124. The van der Waals surface area contributed by atoms with E-state index in [0.717, 1.165) is 51.4 Å². The zero-order chi connectivity index (χ0) is 50.2. The Bertz CT molecular complexity index is 988. The number of unbranched alkanes of at least 4 members (excludes halogenated alkanes) is 36. The summed E-state index contributed by atoms with van der Waals surface area (Å²) in [4.78, 5) is 46.1. The predicted molar refractivity (Wildman–Crippen MR) is 289 cm³/mol. The standard InChI is InChI=1S/2C30H58O4.Ca/c2*1-3-5-7-9-11-13-14-16-17-19-21-24-28(25-23-26-29(31)32)34-30(33)27-22-20-18-15-12-10-8-6-4-2;/h2*28H,3-27H2,1-2H3,(H,31,32);/q;;+2/p-2. The molecule has 0 bridgehead atoms. The number of carbonyl (C=O) groups is 4. The van der Waals surface area contributed by atoms with Crippen LogP contribution in [0.2, 0.25) is 0 Å². The van der Waals surface area contributed by atoms with Crippen LogP contribution in [0.4, 0.5) is 0 Å². The average Bonchev–Trinajstić information content (AvgIpc) is 3.31. The summed E-state index contributed by atoms with van der Waals surface area (Å²) < 4.78 is 11.5. The largest absolute Gasteiger partial charge is 2.00 e. The van der Waals surface area contributed by atoms with E-state index in [-0.39, 0.29) is 74.7 Å². The number of esters is 2. The summed E-state index contributed by atoms with van der Waals surface area (Å²) in [6.07, 6.45) is 55.5. The maximum Gasteiger partial charge on any atom is 2.00 e. The minimum atomic E-state index is -1.02. The summed E-state index contributed by atoms with van der Waals surface area (Å²) in [5.41, 5.74) is 0. The van der Waals surface area contributed by atoms with Crippen LogP contribution in [0.3, 0.4) is 0 Å². The van der Waals surface area contributed by atoms with E-state index in [1.165, 1.54) is 218 Å². The average molecular weight is 1000 g/mol. The molecule has 0 spiro atoms. The van der Waals surface area contributed by atoms with Crippen LogP contribution < -0.4 is 10.2 Å². The van der Waals surface area contributed by atoms with E-state index in [1.807, 2.05) is 0 Å². The first-order valence-corrected chi connectivity index (χ1v) is 30.0. The van der Waals surface area contributed by atoms with Crippen molar-refractivity contribution >= 4 is 61.6 Å². The van der Waals surface area contributed by atoms with Gasteiger partial charge in [0.05, 0.1) is 0 Å². The molecule has 9 heteroatoms. The first-order valence-electron chi connectivity index (χ1n) is 30.0. The van der Waals surface area contributed by atoms with Gasteiger partial charge in [-0.15, -0.1) is 0 Å². The molecule has 0 rings (SSSR count). The number of carboxylic acids is 2. The fraction of sp³-hybridized carbons (Fsp3) is 0.933. The molecular weight excluding hydrogens is 889 g/mol. The van der Waals surface area contributed by atoms with Crippen molar-refractivity contribution in [2.24, 2.45) is 0 Å². The molecule has 0 aliphatic rings. The van der Waals surface area contributed by atoms with E-state index in [1.54, 1.807) is 0 Å². The van der Waals surface area contributed by atoms with Crippen LogP contribution in [0.15, 0.2) is 0 Å². The Labute approximate surface area is 458 Å². The van der Waals surface area contributed by atoms with E-state index >= 15 is 0 Å². The first-order chi connectivity index (χ1) is 33.2. The Morgan fingerprint density at radius 3 is 0.681 bits per heavy atom. The number of aliphatic carboxylic acids is 2. The van der Waals surface area contributed by atoms with Crippen LogP contribution in [0.25, 0.3) is 0 Å². The van der Waals surface area contributed by atoms with Crippen molar-refractivity contribution in [1.29, 1.82) is 0 Å². The number of ether oxygens (including phenoxy) is 2. The number of hydrogen-bond acceptors (Lipinski definition) is 8. The second kappa shape index (κ2) is 61.4. The zero-order valence-corrected chi connectivity index (χ0v) is 48.7. The van der Waals surface area contributed by atoms with Gasteiger partial charge in [-0.05, 0) is 77.0 Å². The SMILES string of the molecule is CCCCCCCCCCCCCC(CCCC(=O)[O-])OC(=O)CCCCCCCCCCC.CCCCCCCCCCCCCC(CCCC(=O)[O-])OC(=O)CCCCCCCCCCC.[Ca+2]. The summed E-state index contributed by atoms with van der Waals surface area (Å²) in [6, 6.07) is 0. The molecule has 8 nitrogen and oxygen atoms in total. The van der Waals surface area contributed by atoms with Crippen molar-refractivity contribution in [2.45, 2.75) is 361 Å². The van der Waals surface area contributed by atoms with Crippen molar-refractivity contribution in [3.05, 3.63) is 0 Å². The van der Waals surface area contributed by atoms with Crippen molar-refractivity contribution in [2.75, 3.05) is 0 Å². The molecule has 0 aromatic heterocycles. The zero-order valence-electron chi connectivity index (χ0n) is 46.5. The molecule has 404 valence electrons. The van der Waals surface area contributed by atoms with E-state index < -0.39 is 11.9 Å². The Kier molecular flexibility index (Phi) is 64.5. The molecule has 0 aromatic rings. The molecule has 0 N–H and O–H groups in total. The van der Waals surface area contributed by atoms with E-state index in [2.05, 4.69) is 27.7 Å². The molecule has 0 aliphatic carbocycles. The molecule has 0 saturated heterocycles. The molecule has 2 atom stereocenters. The van der Waals surface area contributed by atoms with Gasteiger partial charge in [-0.3, -0.25) is 9.59 Å². The van der Waals surface area contributed by atoms with Crippen LogP contribution >= 0.6 is 0 Å². The summed E-state index contributed by atoms with van der Waals surface area (Å²) in [6.45, 7) is 9.00. The van der Waals surface area contributed by atoms with Gasteiger partial charge in [-0.25, -0.2) is 0 Å². The van der Waals surface area contributed by atoms with Gasteiger partial charge in [0.1, 0.15) is 12.2 Å². The molecule has 0 saturated carbocycles. The molecule has 0 heterocycles. The van der Waals surface area contributed by atoms with Crippen LogP contribution in [-0.2, 0) is 28.7 Å². The second-order valence-corrected chi connectivity index (χ2v) is 20.6. The summed E-state index contributed by atoms with van der Waals surface area (Å²) in [5, 5.41) is 21.5. The molecular formula is C60H114CaO8. The molecule has 0 fully saturated rings. The van der Waals surface area contributed by atoms with Crippen molar-refractivity contribution in [3.8, 4) is 0 Å². The van der Waals surface area contributed by atoms with Gasteiger partial charge < -0.3 is 29.3 Å². The minimum Gasteiger partial charge on any atom is -0.550 e. The van der Waals surface area contributed by atoms with Gasteiger partial charge >= 0.3 is 49.7 Å². The third-order valence-electron chi connectivity index (χ3n) is 13.6. The third kappa shape index (κ3) is 63.2. The number of rotatable bonds is 54. The van der Waals surface area contributed by atoms with Crippen LogP contribution in [0.5, 0.6) is 0 Å². The maximum absolute atomic E-state index is 12.3. The van der Waals surface area contributed by atoms with E-state index in [9.17, 15) is 29.4 Å². The molecule has 0 aromatic carbocycles. The Hall–Kier alpha value is -0.860. The van der Waals surface area contributed by atoms with E-state index in [0.29, 0.717) is 38.5 Å². The maximum atomic E-state index is 12.3. The summed E-state index contributed by atoms with van der Waals surface area (Å²) in [7, 11) is 0. The molecule has 0 amide bonds. The van der Waals surface area contributed by atoms with E-state index in [4.69, 9.17) is 9.47 Å². The van der Waals surface area contributed by atoms with Gasteiger partial charge in [0.25, 0.3) is 0 Å². The van der Waals surface area contributed by atoms with Gasteiger partial charge in [0.15, 0.2) is 0 Å².